The van der Waals surface area contributed by atoms with E-state index in [1.807, 2.05) is 0 Å². The zero-order valence-electron chi connectivity index (χ0n) is 3.42. The van der Waals surface area contributed by atoms with Crippen LogP contribution in [-0.4, -0.2) is 40.4 Å². The van der Waals surface area contributed by atoms with Gasteiger partial charge >= 0.3 is 23.1 Å². The Kier molecular flexibility index (Phi) is 153. The van der Waals surface area contributed by atoms with Gasteiger partial charge in [-0.15, -0.1) is 0 Å². The molecule has 4 heteroatoms. The van der Waals surface area contributed by atoms with Crippen molar-refractivity contribution < 1.29 is 36.7 Å². The van der Waals surface area contributed by atoms with Gasteiger partial charge < -0.3 is 2.85 Å². The fourth-order valence-electron chi connectivity index (χ4n) is 0. The van der Waals surface area contributed by atoms with E-state index in [0.717, 1.165) is 0 Å². The van der Waals surface area contributed by atoms with Crippen LogP contribution < -0.4 is 0 Å². The zero-order chi connectivity index (χ0) is 0. The van der Waals surface area contributed by atoms with Crippen LogP contribution in [0, 0.1) is 0 Å². The molecule has 0 aliphatic rings. The maximum absolute atomic E-state index is 0. The van der Waals surface area contributed by atoms with Crippen LogP contribution in [-0.2, 0) is 33.8 Å². The minimum Gasteiger partial charge on any atom is -1.00 e. The Morgan fingerprint density at radius 2 is 1.25 bits per heavy atom. The van der Waals surface area contributed by atoms with Crippen molar-refractivity contribution in [3.8, 4) is 0 Å². The molecule has 0 saturated carbocycles. The third-order valence-electron chi connectivity index (χ3n) is 0. The minimum atomic E-state index is 0. The van der Waals surface area contributed by atoms with Gasteiger partial charge in [-0.05, 0) is 0 Å². The van der Waals surface area contributed by atoms with Crippen molar-refractivity contribution in [3.05, 3.63) is 0 Å². The Bertz CT molecular complexity index is 13.5. The minimum absolute atomic E-state index is 0. The summed E-state index contributed by atoms with van der Waals surface area (Å²) in [6.07, 6.45) is 0. The first kappa shape index (κ1) is 33.2. The van der Waals surface area contributed by atoms with Crippen LogP contribution >= 0.6 is 0 Å². The predicted octanol–water partition coefficient (Wildman–Crippen LogP) is -1.34. The van der Waals surface area contributed by atoms with Gasteiger partial charge in [-0.25, -0.2) is 0 Å². The summed E-state index contributed by atoms with van der Waals surface area (Å²) in [5, 5.41) is 0. The molecule has 0 aliphatic heterocycles. The zero-order valence-corrected chi connectivity index (χ0v) is 5.05. The van der Waals surface area contributed by atoms with Crippen LogP contribution in [0.4, 0.5) is 0 Å². The Labute approximate surface area is 76.4 Å². The first-order valence-corrected chi connectivity index (χ1v) is 0. The van der Waals surface area contributed by atoms with Crippen molar-refractivity contribution in [1.82, 2.24) is 0 Å². The summed E-state index contributed by atoms with van der Waals surface area (Å²) in [4.78, 5) is 0. The number of hydrogen-bond donors (Lipinski definition) is 0. The van der Waals surface area contributed by atoms with Gasteiger partial charge in [-0.1, -0.05) is 0 Å². The molecule has 0 heterocycles. The third-order valence-corrected chi connectivity index (χ3v) is 0. The fourth-order valence-corrected chi connectivity index (χ4v) is 0. The van der Waals surface area contributed by atoms with E-state index in [9.17, 15) is 0 Å². The van der Waals surface area contributed by atoms with Crippen molar-refractivity contribution in [2.45, 2.75) is 0 Å². The second kappa shape index (κ2) is 18.4. The Hall–Kier alpha value is 2.32. The van der Waals surface area contributed by atoms with Gasteiger partial charge in [0, 0.05) is 33.8 Å². The van der Waals surface area contributed by atoms with Crippen LogP contribution in [0.1, 0.15) is 2.85 Å². The quantitative estimate of drug-likeness (QED) is 0.395. The molecule has 0 aromatic carbocycles. The van der Waals surface area contributed by atoms with E-state index < -0.39 is 0 Å². The molecule has 0 rings (SSSR count). The molecular formula is H5AlCoMgMn. The van der Waals surface area contributed by atoms with E-state index in [0.29, 0.717) is 0 Å². The van der Waals surface area contributed by atoms with E-state index in [-0.39, 0.29) is 77.1 Å². The molecule has 4 heavy (non-hydrogen) atoms. The summed E-state index contributed by atoms with van der Waals surface area (Å²) in [5.74, 6) is 0. The molecule has 0 nitrogen and oxygen atoms in total. The van der Waals surface area contributed by atoms with Gasteiger partial charge in [0.2, 0.25) is 0 Å². The summed E-state index contributed by atoms with van der Waals surface area (Å²) in [7, 11) is 0. The summed E-state index contributed by atoms with van der Waals surface area (Å²) in [5.41, 5.74) is 0. The van der Waals surface area contributed by atoms with Crippen molar-refractivity contribution in [2.75, 3.05) is 0 Å². The van der Waals surface area contributed by atoms with E-state index in [2.05, 4.69) is 0 Å². The molecular weight excluding hydrogens is 165 g/mol. The SMILES string of the molecule is [AlH3].[Co].[H-].[H-].[Mg+2].[Mn]. The first-order chi connectivity index (χ1) is 0. The van der Waals surface area contributed by atoms with Crippen molar-refractivity contribution in [2.24, 2.45) is 0 Å². The van der Waals surface area contributed by atoms with Crippen molar-refractivity contribution in [1.29, 1.82) is 0 Å². The van der Waals surface area contributed by atoms with Crippen molar-refractivity contribution in [3.63, 3.8) is 0 Å². The third kappa shape index (κ3) is 8.85. The van der Waals surface area contributed by atoms with Crippen LogP contribution in [0.2, 0.25) is 0 Å². The summed E-state index contributed by atoms with van der Waals surface area (Å²) in [6.45, 7) is 0. The average Bonchev–Trinajstić information content (AvgIpc) is 0. The largest absolute Gasteiger partial charge is 2.00 e. The monoisotopic (exact) mass is 170 g/mol. The summed E-state index contributed by atoms with van der Waals surface area (Å²) in [6, 6.07) is 0. The van der Waals surface area contributed by atoms with Crippen LogP contribution in [0.5, 0.6) is 0 Å². The Morgan fingerprint density at radius 3 is 1.25 bits per heavy atom. The van der Waals surface area contributed by atoms with Gasteiger partial charge in [-0.2, -0.15) is 0 Å². The van der Waals surface area contributed by atoms with Gasteiger partial charge in [-0.3, -0.25) is 0 Å². The second-order valence-corrected chi connectivity index (χ2v) is 0. The molecule has 26 valence electrons. The average molecular weight is 170 g/mol. The van der Waals surface area contributed by atoms with E-state index in [4.69, 9.17) is 0 Å². The van der Waals surface area contributed by atoms with Crippen LogP contribution in [0.3, 0.4) is 0 Å². The Morgan fingerprint density at radius 1 is 1.25 bits per heavy atom. The molecule has 0 unspecified atom stereocenters. The fraction of sp³-hybridized carbons (Fsp3) is 0. The molecule has 0 spiro atoms. The van der Waals surface area contributed by atoms with Gasteiger partial charge in [0.25, 0.3) is 0 Å². The molecule has 0 aromatic heterocycles. The molecule has 2 radical (unpaired) electrons. The molecule has 0 amide bonds. The molecule has 0 fully saturated rings. The maximum Gasteiger partial charge on any atom is 2.00 e. The van der Waals surface area contributed by atoms with Gasteiger partial charge in [0.05, 0.1) is 0 Å². The Balaban J connectivity index is 0. The van der Waals surface area contributed by atoms with Crippen LogP contribution in [0.25, 0.3) is 0 Å². The molecule has 0 atom stereocenters. The summed E-state index contributed by atoms with van der Waals surface area (Å²) < 4.78 is 0. The molecule has 0 aromatic rings. The number of hydrogen-bond acceptors (Lipinski definition) is 0. The topological polar surface area (TPSA) is 0 Å². The smallest absolute Gasteiger partial charge is 1.00 e. The molecule has 0 N–H and O–H groups in total. The predicted molar refractivity (Wildman–Crippen MR) is 17.9 cm³/mol. The normalized spacial score (nSPS) is 0. The van der Waals surface area contributed by atoms with E-state index in [1.165, 1.54) is 0 Å². The maximum atomic E-state index is 0. The van der Waals surface area contributed by atoms with Crippen LogP contribution in [0.15, 0.2) is 0 Å². The molecule has 0 aliphatic carbocycles. The van der Waals surface area contributed by atoms with Gasteiger partial charge in [0.1, 0.15) is 0 Å². The van der Waals surface area contributed by atoms with Crippen molar-refractivity contribution >= 4 is 40.4 Å². The summed E-state index contributed by atoms with van der Waals surface area (Å²) >= 11 is 0. The number of rotatable bonds is 0. The first-order valence-electron chi connectivity index (χ1n) is 0. The molecule has 0 bridgehead atoms. The van der Waals surface area contributed by atoms with Gasteiger partial charge in [0.15, 0.2) is 17.4 Å². The second-order valence-electron chi connectivity index (χ2n) is 0. The van der Waals surface area contributed by atoms with E-state index >= 15 is 0 Å². The van der Waals surface area contributed by atoms with E-state index in [1.54, 1.807) is 0 Å². The standard InChI is InChI=1S/Al.Co.Mg.Mn.5H/q;;+2;;;;;2*-1. The molecule has 0 saturated heterocycles.